The number of amides is 1. The molecule has 0 bridgehead atoms. The van der Waals surface area contributed by atoms with Crippen molar-refractivity contribution in [1.82, 2.24) is 14.9 Å². The van der Waals surface area contributed by atoms with Crippen LogP contribution in [-0.4, -0.2) is 44.9 Å². The van der Waals surface area contributed by atoms with Crippen LogP contribution in [0, 0.1) is 0 Å². The summed E-state index contributed by atoms with van der Waals surface area (Å²) in [6, 6.07) is 4.98. The van der Waals surface area contributed by atoms with Gasteiger partial charge >= 0.3 is 5.97 Å². The Balaban J connectivity index is 2.14. The Hall–Kier alpha value is -3.22. The van der Waals surface area contributed by atoms with E-state index in [9.17, 15) is 14.4 Å². The van der Waals surface area contributed by atoms with Gasteiger partial charge in [-0.2, -0.15) is 0 Å². The molecule has 0 saturated carbocycles. The molecule has 3 rings (SSSR count). The van der Waals surface area contributed by atoms with Crippen LogP contribution >= 0.6 is 0 Å². The van der Waals surface area contributed by atoms with Crippen LogP contribution in [0.3, 0.4) is 0 Å². The van der Waals surface area contributed by atoms with Crippen LogP contribution in [0.1, 0.15) is 41.0 Å². The fourth-order valence-corrected chi connectivity index (χ4v) is 3.02. The number of nitrogens with one attached hydrogen (secondary N) is 1. The van der Waals surface area contributed by atoms with Crippen molar-refractivity contribution in [3.05, 3.63) is 51.9 Å². The molecule has 0 aliphatic carbocycles. The second-order valence-corrected chi connectivity index (χ2v) is 6.01. The lowest BCUT2D eigenvalue weighted by atomic mass is 10.1. The molecular formula is C19H19N3O4. The molecule has 0 fully saturated rings. The predicted octanol–water partition coefficient (Wildman–Crippen LogP) is 2.65. The van der Waals surface area contributed by atoms with Gasteiger partial charge in [-0.25, -0.2) is 4.79 Å². The smallest absolute Gasteiger partial charge is 0.341 e. The van der Waals surface area contributed by atoms with Gasteiger partial charge in [0.25, 0.3) is 5.91 Å². The van der Waals surface area contributed by atoms with E-state index in [-0.39, 0.29) is 16.9 Å². The number of hydrogen-bond acceptors (Lipinski definition) is 4. The van der Waals surface area contributed by atoms with E-state index in [1.165, 1.54) is 12.4 Å². The Morgan fingerprint density at radius 2 is 2.04 bits per heavy atom. The molecule has 1 amide bonds. The van der Waals surface area contributed by atoms with Crippen molar-refractivity contribution < 1.29 is 14.7 Å². The number of H-pyrrole nitrogens is 1. The number of nitrogens with zero attached hydrogens (tertiary/aromatic N) is 2. The van der Waals surface area contributed by atoms with Gasteiger partial charge in [0.1, 0.15) is 5.56 Å². The van der Waals surface area contributed by atoms with Crippen LogP contribution < -0.4 is 5.43 Å². The summed E-state index contributed by atoms with van der Waals surface area (Å²) in [6.45, 7) is 5.24. The van der Waals surface area contributed by atoms with Gasteiger partial charge in [0.15, 0.2) is 0 Å². The molecule has 3 aromatic rings. The van der Waals surface area contributed by atoms with E-state index in [0.29, 0.717) is 35.1 Å². The van der Waals surface area contributed by atoms with Crippen LogP contribution in [0.4, 0.5) is 0 Å². The highest BCUT2D eigenvalue weighted by Crippen LogP contribution is 2.22. The lowest BCUT2D eigenvalue weighted by Gasteiger charge is -2.20. The molecule has 0 aliphatic heterocycles. The Kier molecular flexibility index (Phi) is 4.71. The van der Waals surface area contributed by atoms with Crippen molar-refractivity contribution in [3.8, 4) is 0 Å². The first kappa shape index (κ1) is 17.6. The zero-order valence-electron chi connectivity index (χ0n) is 14.6. The fraction of sp³-hybridized carbons (Fsp3) is 0.263. The number of rotatable bonds is 5. The van der Waals surface area contributed by atoms with Crippen molar-refractivity contribution in [2.45, 2.75) is 20.3 Å². The van der Waals surface area contributed by atoms with Gasteiger partial charge in [-0.1, -0.05) is 13.0 Å². The van der Waals surface area contributed by atoms with Crippen molar-refractivity contribution in [1.29, 1.82) is 0 Å². The standard InChI is InChI=1S/C19H19N3O4/c1-3-7-22(4-2)18(24)12-8-11-5-6-13-16(15(11)20-9-12)21-10-14(17(13)23)19(25)26/h5-6,8-10H,3-4,7H2,1-2H3,(H,21,23)(H,25,26). The van der Waals surface area contributed by atoms with Crippen LogP contribution in [-0.2, 0) is 0 Å². The number of fused-ring (bicyclic) bond motifs is 3. The third-order valence-electron chi connectivity index (χ3n) is 4.34. The van der Waals surface area contributed by atoms with E-state index >= 15 is 0 Å². The van der Waals surface area contributed by atoms with E-state index in [1.54, 1.807) is 23.1 Å². The lowest BCUT2D eigenvalue weighted by molar-refractivity contribution is 0.0694. The number of aromatic carboxylic acids is 1. The van der Waals surface area contributed by atoms with Gasteiger partial charge in [-0.15, -0.1) is 0 Å². The average Bonchev–Trinajstić information content (AvgIpc) is 2.64. The molecule has 7 nitrogen and oxygen atoms in total. The number of hydrogen-bond donors (Lipinski definition) is 2. The second kappa shape index (κ2) is 6.95. The number of benzene rings is 1. The Labute approximate surface area is 149 Å². The van der Waals surface area contributed by atoms with Crippen molar-refractivity contribution in [2.75, 3.05) is 13.1 Å². The highest BCUT2D eigenvalue weighted by atomic mass is 16.4. The van der Waals surface area contributed by atoms with Crippen LogP contribution in [0.25, 0.3) is 21.8 Å². The summed E-state index contributed by atoms with van der Waals surface area (Å²) in [5.41, 5.74) is 0.581. The monoisotopic (exact) mass is 353 g/mol. The van der Waals surface area contributed by atoms with Crippen molar-refractivity contribution in [2.24, 2.45) is 0 Å². The Morgan fingerprint density at radius 1 is 1.27 bits per heavy atom. The number of aromatic amines is 1. The second-order valence-electron chi connectivity index (χ2n) is 6.01. The number of carboxylic acid groups (broad SMARTS) is 1. The predicted molar refractivity (Wildman–Crippen MR) is 98.7 cm³/mol. The Bertz CT molecular complexity index is 1070. The van der Waals surface area contributed by atoms with Crippen molar-refractivity contribution >= 4 is 33.7 Å². The topological polar surface area (TPSA) is 103 Å². The molecule has 0 unspecified atom stereocenters. The zero-order valence-corrected chi connectivity index (χ0v) is 14.6. The van der Waals surface area contributed by atoms with Gasteiger partial charge in [0.05, 0.1) is 16.6 Å². The molecule has 2 N–H and O–H groups in total. The first-order valence-corrected chi connectivity index (χ1v) is 8.44. The summed E-state index contributed by atoms with van der Waals surface area (Å²) in [5, 5.41) is 10.0. The minimum absolute atomic E-state index is 0.0847. The molecule has 0 saturated heterocycles. The summed E-state index contributed by atoms with van der Waals surface area (Å²) in [4.78, 5) is 45.0. The SMILES string of the molecule is CCCN(CC)C(=O)c1cnc2c(ccc3c(=O)c(C(=O)O)c[nH]c32)c1. The van der Waals surface area contributed by atoms with Gasteiger partial charge in [0, 0.05) is 36.3 Å². The summed E-state index contributed by atoms with van der Waals surface area (Å²) < 4.78 is 0. The molecule has 2 aromatic heterocycles. The maximum absolute atomic E-state index is 12.6. The molecular weight excluding hydrogens is 334 g/mol. The first-order valence-electron chi connectivity index (χ1n) is 8.44. The maximum atomic E-state index is 12.6. The molecule has 1 aromatic carbocycles. The highest BCUT2D eigenvalue weighted by Gasteiger charge is 2.17. The van der Waals surface area contributed by atoms with E-state index in [1.807, 2.05) is 13.8 Å². The highest BCUT2D eigenvalue weighted by molar-refractivity contribution is 6.06. The maximum Gasteiger partial charge on any atom is 0.341 e. The van der Waals surface area contributed by atoms with Crippen LogP contribution in [0.5, 0.6) is 0 Å². The molecule has 134 valence electrons. The first-order chi connectivity index (χ1) is 12.5. The van der Waals surface area contributed by atoms with E-state index in [0.717, 1.165) is 6.42 Å². The number of carbonyl (C=O) groups excluding carboxylic acids is 1. The minimum Gasteiger partial charge on any atom is -0.477 e. The van der Waals surface area contributed by atoms with Gasteiger partial charge in [0.2, 0.25) is 5.43 Å². The molecule has 0 spiro atoms. The molecule has 0 aliphatic rings. The molecule has 2 heterocycles. The summed E-state index contributed by atoms with van der Waals surface area (Å²) in [6.07, 6.45) is 3.54. The molecule has 7 heteroatoms. The van der Waals surface area contributed by atoms with Gasteiger partial charge in [-0.05, 0) is 25.5 Å². The number of carboxylic acids is 1. The fourth-order valence-electron chi connectivity index (χ4n) is 3.02. The number of carbonyl (C=O) groups is 2. The summed E-state index contributed by atoms with van der Waals surface area (Å²) >= 11 is 0. The normalized spacial score (nSPS) is 11.0. The van der Waals surface area contributed by atoms with Gasteiger partial charge in [-0.3, -0.25) is 14.6 Å². The lowest BCUT2D eigenvalue weighted by Crippen LogP contribution is -2.31. The molecule has 0 radical (unpaired) electrons. The molecule has 0 atom stereocenters. The number of aromatic nitrogens is 2. The third-order valence-corrected chi connectivity index (χ3v) is 4.34. The third kappa shape index (κ3) is 2.92. The minimum atomic E-state index is -1.28. The van der Waals surface area contributed by atoms with Gasteiger partial charge < -0.3 is 15.0 Å². The quantitative estimate of drug-likeness (QED) is 0.686. The average molecular weight is 353 g/mol. The van der Waals surface area contributed by atoms with Crippen molar-refractivity contribution in [3.63, 3.8) is 0 Å². The zero-order chi connectivity index (χ0) is 18.8. The largest absolute Gasteiger partial charge is 0.477 e. The van der Waals surface area contributed by atoms with Crippen LogP contribution in [0.2, 0.25) is 0 Å². The van der Waals surface area contributed by atoms with E-state index in [4.69, 9.17) is 5.11 Å². The Morgan fingerprint density at radius 3 is 2.69 bits per heavy atom. The van der Waals surface area contributed by atoms with E-state index < -0.39 is 11.4 Å². The van der Waals surface area contributed by atoms with Crippen LogP contribution in [0.15, 0.2) is 35.4 Å². The van der Waals surface area contributed by atoms with E-state index in [2.05, 4.69) is 9.97 Å². The summed E-state index contributed by atoms with van der Waals surface area (Å²) in [5.74, 6) is -1.36. The molecule has 26 heavy (non-hydrogen) atoms. The number of pyridine rings is 2. The summed E-state index contributed by atoms with van der Waals surface area (Å²) in [7, 11) is 0.